The molecule has 0 bridgehead atoms. The monoisotopic (exact) mass is 234 g/mol. The quantitative estimate of drug-likeness (QED) is 0.412. The molecular weight excluding hydrogens is 211 g/mol. The van der Waals surface area contributed by atoms with E-state index in [0.29, 0.717) is 0 Å². The molecule has 3 heteroatoms. The van der Waals surface area contributed by atoms with Crippen LogP contribution < -0.4 is 0 Å². The van der Waals surface area contributed by atoms with Gasteiger partial charge in [-0.3, -0.25) is 0 Å². The predicted molar refractivity (Wildman–Crippen MR) is 72.5 cm³/mol. The number of allylic oxidation sites excluding steroid dienone is 1. The second kappa shape index (κ2) is 5.75. The molecule has 0 atom stereocenters. The molecule has 0 aliphatic carbocycles. The Kier molecular flexibility index (Phi) is 4.85. The van der Waals surface area contributed by atoms with E-state index in [4.69, 9.17) is 15.7 Å². The lowest BCUT2D eigenvalue weighted by Gasteiger charge is -2.32. The third kappa shape index (κ3) is 3.90. The summed E-state index contributed by atoms with van der Waals surface area (Å²) in [6.45, 7) is 8.25. The van der Waals surface area contributed by atoms with Gasteiger partial charge in [0, 0.05) is 6.42 Å². The molecular formula is C14H23BO2. The van der Waals surface area contributed by atoms with Gasteiger partial charge in [-0.1, -0.05) is 12.1 Å². The minimum Gasteiger partial charge on any atom is -0.400 e. The van der Waals surface area contributed by atoms with Crippen molar-refractivity contribution in [2.45, 2.75) is 64.6 Å². The van der Waals surface area contributed by atoms with E-state index in [1.54, 1.807) is 0 Å². The van der Waals surface area contributed by atoms with Crippen LogP contribution in [0.2, 0.25) is 0 Å². The number of rotatable bonds is 5. The van der Waals surface area contributed by atoms with Crippen molar-refractivity contribution in [1.82, 2.24) is 0 Å². The average molecular weight is 234 g/mol. The Bertz CT molecular complexity index is 297. The molecule has 1 saturated heterocycles. The topological polar surface area (TPSA) is 18.5 Å². The lowest BCUT2D eigenvalue weighted by molar-refractivity contribution is 0.00578. The fourth-order valence-corrected chi connectivity index (χ4v) is 1.66. The van der Waals surface area contributed by atoms with Crippen LogP contribution >= 0.6 is 0 Å². The van der Waals surface area contributed by atoms with Crippen LogP contribution in [0.3, 0.4) is 0 Å². The average Bonchev–Trinajstić information content (AvgIpc) is 2.41. The molecule has 1 fully saturated rings. The van der Waals surface area contributed by atoms with E-state index in [0.717, 1.165) is 25.7 Å². The normalized spacial score (nSPS) is 21.9. The maximum Gasteiger partial charge on any atom is 0.486 e. The van der Waals surface area contributed by atoms with Gasteiger partial charge in [-0.25, -0.2) is 0 Å². The lowest BCUT2D eigenvalue weighted by Crippen LogP contribution is -2.41. The predicted octanol–water partition coefficient (Wildman–Crippen LogP) is 3.37. The van der Waals surface area contributed by atoms with Gasteiger partial charge in [0.2, 0.25) is 0 Å². The summed E-state index contributed by atoms with van der Waals surface area (Å²) < 4.78 is 11.7. The maximum absolute atomic E-state index is 5.85. The van der Waals surface area contributed by atoms with E-state index in [-0.39, 0.29) is 18.3 Å². The molecule has 0 radical (unpaired) electrons. The molecule has 0 aromatic carbocycles. The van der Waals surface area contributed by atoms with Gasteiger partial charge in [0.1, 0.15) is 0 Å². The maximum atomic E-state index is 5.85. The lowest BCUT2D eigenvalue weighted by atomic mass is 9.89. The number of terminal acetylenes is 1. The first kappa shape index (κ1) is 14.3. The Morgan fingerprint density at radius 3 is 2.24 bits per heavy atom. The van der Waals surface area contributed by atoms with E-state index in [9.17, 15) is 0 Å². The third-order valence-electron chi connectivity index (χ3n) is 3.51. The highest BCUT2D eigenvalue weighted by Crippen LogP contribution is 2.36. The van der Waals surface area contributed by atoms with Crippen molar-refractivity contribution in [2.24, 2.45) is 0 Å². The summed E-state index contributed by atoms with van der Waals surface area (Å²) in [7, 11) is -0.215. The van der Waals surface area contributed by atoms with Crippen molar-refractivity contribution >= 4 is 7.12 Å². The van der Waals surface area contributed by atoms with Crippen LogP contribution in [-0.4, -0.2) is 18.3 Å². The Hall–Kier alpha value is -0.715. The van der Waals surface area contributed by atoms with Crippen LogP contribution in [0.15, 0.2) is 12.1 Å². The van der Waals surface area contributed by atoms with Gasteiger partial charge in [0.25, 0.3) is 0 Å². The molecule has 0 aromatic heterocycles. The second-order valence-electron chi connectivity index (χ2n) is 5.50. The minimum absolute atomic E-state index is 0.215. The summed E-state index contributed by atoms with van der Waals surface area (Å²) >= 11 is 0. The first-order valence-corrected chi connectivity index (χ1v) is 6.35. The molecule has 17 heavy (non-hydrogen) atoms. The van der Waals surface area contributed by atoms with E-state index < -0.39 is 0 Å². The fraction of sp³-hybridized carbons (Fsp3) is 0.714. The molecule has 1 aliphatic rings. The number of unbranched alkanes of at least 4 members (excludes halogenated alkanes) is 3. The van der Waals surface area contributed by atoms with Gasteiger partial charge in [0.15, 0.2) is 0 Å². The first-order chi connectivity index (χ1) is 7.89. The van der Waals surface area contributed by atoms with Crippen LogP contribution in [-0.2, 0) is 9.31 Å². The van der Waals surface area contributed by atoms with Gasteiger partial charge in [0.05, 0.1) is 11.2 Å². The smallest absolute Gasteiger partial charge is 0.400 e. The molecule has 1 rings (SSSR count). The Morgan fingerprint density at radius 2 is 1.71 bits per heavy atom. The molecule has 1 heterocycles. The molecule has 94 valence electrons. The zero-order chi connectivity index (χ0) is 12.9. The van der Waals surface area contributed by atoms with Crippen molar-refractivity contribution in [2.75, 3.05) is 0 Å². The van der Waals surface area contributed by atoms with Crippen molar-refractivity contribution < 1.29 is 9.31 Å². The molecule has 0 saturated carbocycles. The van der Waals surface area contributed by atoms with E-state index in [1.807, 2.05) is 5.98 Å². The van der Waals surface area contributed by atoms with Crippen LogP contribution in [0.25, 0.3) is 0 Å². The van der Waals surface area contributed by atoms with Crippen LogP contribution in [0.4, 0.5) is 0 Å². The van der Waals surface area contributed by atoms with Gasteiger partial charge < -0.3 is 9.31 Å². The second-order valence-corrected chi connectivity index (χ2v) is 5.50. The van der Waals surface area contributed by atoms with Crippen molar-refractivity contribution in [3.8, 4) is 12.3 Å². The molecule has 0 unspecified atom stereocenters. The Morgan fingerprint density at radius 1 is 1.12 bits per heavy atom. The highest BCUT2D eigenvalue weighted by Gasteiger charge is 2.49. The molecule has 0 amide bonds. The zero-order valence-corrected chi connectivity index (χ0v) is 11.5. The summed E-state index contributed by atoms with van der Waals surface area (Å²) in [5.74, 6) is 4.65. The highest BCUT2D eigenvalue weighted by molar-refractivity contribution is 6.51. The van der Waals surface area contributed by atoms with Crippen molar-refractivity contribution in [3.05, 3.63) is 12.1 Å². The van der Waals surface area contributed by atoms with Crippen molar-refractivity contribution in [1.29, 1.82) is 0 Å². The molecule has 0 N–H and O–H groups in total. The van der Waals surface area contributed by atoms with Crippen molar-refractivity contribution in [3.63, 3.8) is 0 Å². The Labute approximate surface area is 106 Å². The van der Waals surface area contributed by atoms with E-state index >= 15 is 0 Å². The van der Waals surface area contributed by atoms with Gasteiger partial charge >= 0.3 is 7.12 Å². The molecule has 2 nitrogen and oxygen atoms in total. The summed E-state index contributed by atoms with van der Waals surface area (Å²) in [6.07, 6.45) is 11.4. The van der Waals surface area contributed by atoms with E-state index in [1.165, 1.54) is 0 Å². The molecule has 0 aromatic rings. The van der Waals surface area contributed by atoms with Gasteiger partial charge in [-0.15, -0.1) is 12.3 Å². The van der Waals surface area contributed by atoms with Crippen LogP contribution in [0.5, 0.6) is 0 Å². The summed E-state index contributed by atoms with van der Waals surface area (Å²) in [5.41, 5.74) is -0.489. The molecule has 1 aliphatic heterocycles. The number of hydrogen-bond donors (Lipinski definition) is 0. The summed E-state index contributed by atoms with van der Waals surface area (Å²) in [4.78, 5) is 0. The van der Waals surface area contributed by atoms with E-state index in [2.05, 4.69) is 39.7 Å². The Balaban J connectivity index is 2.31. The minimum atomic E-state index is -0.245. The summed E-state index contributed by atoms with van der Waals surface area (Å²) in [5, 5.41) is 0. The van der Waals surface area contributed by atoms with Gasteiger partial charge in [-0.05, 0) is 47.0 Å². The molecule has 0 spiro atoms. The third-order valence-corrected chi connectivity index (χ3v) is 3.51. The van der Waals surface area contributed by atoms with Crippen LogP contribution in [0.1, 0.15) is 53.4 Å². The summed E-state index contributed by atoms with van der Waals surface area (Å²) in [6, 6.07) is 0. The van der Waals surface area contributed by atoms with Crippen LogP contribution in [0, 0.1) is 12.3 Å². The number of hydrogen-bond acceptors (Lipinski definition) is 2. The fourth-order valence-electron chi connectivity index (χ4n) is 1.66. The zero-order valence-electron chi connectivity index (χ0n) is 11.5. The SMILES string of the molecule is C#CCCCC/C=C/B1OC(C)(C)C(C)(C)O1. The largest absolute Gasteiger partial charge is 0.486 e. The first-order valence-electron chi connectivity index (χ1n) is 6.35. The highest BCUT2D eigenvalue weighted by atomic mass is 16.7. The van der Waals surface area contributed by atoms with Gasteiger partial charge in [-0.2, -0.15) is 0 Å². The standard InChI is InChI=1S/C14H23BO2/c1-6-7-8-9-10-11-12-15-16-13(2,3)14(4,5)17-15/h1,11-12H,7-10H2,2-5H3/b12-11+.